The first-order valence-electron chi connectivity index (χ1n) is 16.0. The monoisotopic (exact) mass is 675 g/mol. The van der Waals surface area contributed by atoms with Crippen molar-refractivity contribution >= 4 is 38.8 Å². The number of hydrogen-bond acceptors (Lipinski definition) is 12. The van der Waals surface area contributed by atoms with Crippen molar-refractivity contribution in [1.82, 2.24) is 29.5 Å². The van der Waals surface area contributed by atoms with E-state index >= 15 is 0 Å². The molecule has 3 N–H and O–H groups in total. The van der Waals surface area contributed by atoms with Gasteiger partial charge in [0.1, 0.15) is 18.0 Å². The van der Waals surface area contributed by atoms with Gasteiger partial charge in [-0.2, -0.15) is 9.78 Å². The predicted octanol–water partition coefficient (Wildman–Crippen LogP) is 2.95. The Kier molecular flexibility index (Phi) is 10.6. The number of hydrogen-bond donors (Lipinski definition) is 3. The molecule has 0 aliphatic carbocycles. The molecule has 2 aliphatic rings. The van der Waals surface area contributed by atoms with Crippen LogP contribution in [-0.2, 0) is 25.9 Å². The van der Waals surface area contributed by atoms with Gasteiger partial charge in [-0.3, -0.25) is 14.6 Å². The molecular formula is C33H41N9O5S. The molecule has 2 aromatic heterocycles. The van der Waals surface area contributed by atoms with Gasteiger partial charge in [0.05, 0.1) is 37.0 Å². The maximum absolute atomic E-state index is 13.1. The zero-order valence-corrected chi connectivity index (χ0v) is 28.0. The second kappa shape index (κ2) is 15.2. The van der Waals surface area contributed by atoms with Crippen LogP contribution in [0.5, 0.6) is 0 Å². The molecule has 2 aliphatic heterocycles. The Morgan fingerprint density at radius 2 is 1.67 bits per heavy atom. The first-order valence-corrected chi connectivity index (χ1v) is 17.8. The molecule has 2 aromatic carbocycles. The Bertz CT molecular complexity index is 1840. The number of carbonyl (C=O) groups excluding carboxylic acids is 1. The van der Waals surface area contributed by atoms with Crippen LogP contribution in [-0.4, -0.2) is 116 Å². The molecule has 2 saturated heterocycles. The van der Waals surface area contributed by atoms with Gasteiger partial charge in [-0.25, -0.2) is 18.4 Å². The predicted molar refractivity (Wildman–Crippen MR) is 183 cm³/mol. The standard InChI is InChI=1S/C33H41N9O5S/c1-24-6-7-26(37-33(43)25-4-3-5-28(18-25)48(2,44)45)19-29(24)38-32-20-27(22-41-12-16-47-17-13-41)39-42(32)31-21-30(35-23-36-31)34-8-9-40-10-14-46-15-11-40/h3-7,18-21,23,38H,8-17,22H2,1-2H3,(H,37,43)(H,34,35,36). The Labute approximate surface area is 280 Å². The van der Waals surface area contributed by atoms with Crippen molar-refractivity contribution in [3.05, 3.63) is 77.7 Å². The van der Waals surface area contributed by atoms with Gasteiger partial charge < -0.3 is 25.4 Å². The maximum Gasteiger partial charge on any atom is 0.255 e. The van der Waals surface area contributed by atoms with E-state index in [2.05, 4.69) is 35.7 Å². The van der Waals surface area contributed by atoms with Crippen molar-refractivity contribution in [3.63, 3.8) is 0 Å². The van der Waals surface area contributed by atoms with Crippen LogP contribution in [0.15, 0.2) is 65.8 Å². The fraction of sp³-hybridized carbons (Fsp3) is 0.394. The van der Waals surface area contributed by atoms with E-state index in [0.717, 1.165) is 75.7 Å². The summed E-state index contributed by atoms with van der Waals surface area (Å²) in [4.78, 5) is 26.8. The number of nitrogens with one attached hydrogen (secondary N) is 3. The highest BCUT2D eigenvalue weighted by atomic mass is 32.2. The third-order valence-electron chi connectivity index (χ3n) is 8.24. The van der Waals surface area contributed by atoms with E-state index in [0.29, 0.717) is 42.9 Å². The molecule has 4 aromatic rings. The Balaban J connectivity index is 1.23. The number of morpholine rings is 2. The van der Waals surface area contributed by atoms with Crippen molar-refractivity contribution < 1.29 is 22.7 Å². The summed E-state index contributed by atoms with van der Waals surface area (Å²) in [5, 5.41) is 14.8. The Hall–Kier alpha value is -4.41. The van der Waals surface area contributed by atoms with Gasteiger partial charge in [-0.05, 0) is 42.8 Å². The molecule has 14 nitrogen and oxygen atoms in total. The lowest BCUT2D eigenvalue weighted by Gasteiger charge is -2.26. The van der Waals surface area contributed by atoms with E-state index in [1.807, 2.05) is 31.2 Å². The summed E-state index contributed by atoms with van der Waals surface area (Å²) in [5.74, 6) is 1.58. The summed E-state index contributed by atoms with van der Waals surface area (Å²) in [6.07, 6.45) is 2.64. The average Bonchev–Trinajstić information content (AvgIpc) is 3.48. The fourth-order valence-corrected chi connectivity index (χ4v) is 6.20. The molecule has 254 valence electrons. The number of rotatable bonds is 12. The highest BCUT2D eigenvalue weighted by Gasteiger charge is 2.18. The summed E-state index contributed by atoms with van der Waals surface area (Å²) in [6.45, 7) is 10.6. The Morgan fingerprint density at radius 1 is 0.917 bits per heavy atom. The van der Waals surface area contributed by atoms with E-state index in [-0.39, 0.29) is 10.5 Å². The van der Waals surface area contributed by atoms with Gasteiger partial charge in [0.15, 0.2) is 15.7 Å². The molecule has 0 saturated carbocycles. The van der Waals surface area contributed by atoms with Crippen LogP contribution >= 0.6 is 0 Å². The largest absolute Gasteiger partial charge is 0.379 e. The number of ether oxygens (including phenoxy) is 2. The molecule has 4 heterocycles. The van der Waals surface area contributed by atoms with Crippen LogP contribution in [0.2, 0.25) is 0 Å². The minimum atomic E-state index is -3.45. The second-order valence-electron chi connectivity index (χ2n) is 11.9. The van der Waals surface area contributed by atoms with Crippen molar-refractivity contribution in [2.45, 2.75) is 18.4 Å². The summed E-state index contributed by atoms with van der Waals surface area (Å²) in [6, 6.07) is 15.4. The minimum absolute atomic E-state index is 0.0859. The number of aromatic nitrogens is 4. The Morgan fingerprint density at radius 3 is 2.42 bits per heavy atom. The zero-order valence-electron chi connectivity index (χ0n) is 27.2. The molecule has 6 rings (SSSR count). The molecule has 15 heteroatoms. The number of sulfone groups is 1. The van der Waals surface area contributed by atoms with E-state index in [4.69, 9.17) is 14.6 Å². The van der Waals surface area contributed by atoms with Crippen molar-refractivity contribution in [3.8, 4) is 5.82 Å². The van der Waals surface area contributed by atoms with E-state index in [9.17, 15) is 13.2 Å². The lowest BCUT2D eigenvalue weighted by molar-refractivity contribution is 0.0336. The SMILES string of the molecule is Cc1ccc(NC(=O)c2cccc(S(C)(=O)=O)c2)cc1Nc1cc(CN2CCOCC2)nn1-c1cc(NCCN2CCOCC2)ncn1. The highest BCUT2D eigenvalue weighted by molar-refractivity contribution is 7.90. The molecule has 0 radical (unpaired) electrons. The summed E-state index contributed by atoms with van der Waals surface area (Å²) in [5.41, 5.74) is 3.37. The number of aryl methyl sites for hydroxylation is 1. The lowest BCUT2D eigenvalue weighted by Crippen LogP contribution is -2.39. The average molecular weight is 676 g/mol. The third kappa shape index (κ3) is 8.73. The summed E-state index contributed by atoms with van der Waals surface area (Å²) in [7, 11) is -3.45. The van der Waals surface area contributed by atoms with Gasteiger partial charge in [-0.1, -0.05) is 12.1 Å². The molecule has 2 fully saturated rings. The van der Waals surface area contributed by atoms with E-state index in [1.165, 1.54) is 18.5 Å². The first-order chi connectivity index (χ1) is 23.2. The second-order valence-corrected chi connectivity index (χ2v) is 13.9. The van der Waals surface area contributed by atoms with Crippen LogP contribution in [0, 0.1) is 6.92 Å². The highest BCUT2D eigenvalue weighted by Crippen LogP contribution is 2.28. The number of carbonyl (C=O) groups is 1. The van der Waals surface area contributed by atoms with Gasteiger partial charge in [0.25, 0.3) is 5.91 Å². The number of benzene rings is 2. The van der Waals surface area contributed by atoms with Gasteiger partial charge in [0.2, 0.25) is 0 Å². The minimum Gasteiger partial charge on any atom is -0.379 e. The molecule has 48 heavy (non-hydrogen) atoms. The normalized spacial score (nSPS) is 16.0. The third-order valence-corrected chi connectivity index (χ3v) is 9.35. The lowest BCUT2D eigenvalue weighted by atomic mass is 10.1. The van der Waals surface area contributed by atoms with Crippen LogP contribution in [0.25, 0.3) is 5.82 Å². The molecule has 1 amide bonds. The van der Waals surface area contributed by atoms with Gasteiger partial charge in [0, 0.05) is 81.1 Å². The molecule has 0 spiro atoms. The van der Waals surface area contributed by atoms with Gasteiger partial charge in [-0.15, -0.1) is 0 Å². The number of anilines is 4. The van der Waals surface area contributed by atoms with Crippen molar-refractivity contribution in [2.24, 2.45) is 0 Å². The van der Waals surface area contributed by atoms with E-state index in [1.54, 1.807) is 22.9 Å². The molecule has 0 bridgehead atoms. The number of amides is 1. The number of nitrogens with zero attached hydrogens (tertiary/aromatic N) is 6. The van der Waals surface area contributed by atoms with Crippen molar-refractivity contribution in [1.29, 1.82) is 0 Å². The van der Waals surface area contributed by atoms with Crippen molar-refractivity contribution in [2.75, 3.05) is 87.9 Å². The molecular weight excluding hydrogens is 634 g/mol. The van der Waals surface area contributed by atoms with E-state index < -0.39 is 15.7 Å². The molecule has 0 unspecified atom stereocenters. The summed E-state index contributed by atoms with van der Waals surface area (Å²) >= 11 is 0. The van der Waals surface area contributed by atoms with Crippen LogP contribution < -0.4 is 16.0 Å². The summed E-state index contributed by atoms with van der Waals surface area (Å²) < 4.78 is 36.8. The maximum atomic E-state index is 13.1. The van der Waals surface area contributed by atoms with Crippen LogP contribution in [0.3, 0.4) is 0 Å². The molecule has 0 atom stereocenters. The smallest absolute Gasteiger partial charge is 0.255 e. The van der Waals surface area contributed by atoms with Gasteiger partial charge >= 0.3 is 0 Å². The zero-order chi connectivity index (χ0) is 33.5. The quantitative estimate of drug-likeness (QED) is 0.202. The van der Waals surface area contributed by atoms with Crippen LogP contribution in [0.1, 0.15) is 21.6 Å². The fourth-order valence-electron chi connectivity index (χ4n) is 5.53. The first kappa shape index (κ1) is 33.5. The van der Waals surface area contributed by atoms with Crippen LogP contribution in [0.4, 0.5) is 23.0 Å². The topological polar surface area (TPSA) is 156 Å².